The summed E-state index contributed by atoms with van der Waals surface area (Å²) >= 11 is 0. The standard InChI is InChI=1S/C57H94O6/c1-4-7-10-13-16-19-22-24-26-27-28-29-31-32-35-38-41-44-47-50-56(59)62-53-54(52-61-55(58)49-46-43-40-37-34-21-18-15-12-9-6-3)63-57(60)51-48-45-42-39-36-33-30-25-23-20-17-14-11-8-5-2/h7,10,15-20,24-26,28-30,32,35,54H,4-6,8-9,11-14,21-23,27,31,33-34,36-53H2,1-3H3/b10-7-,18-15-,19-16-,20-17-,26-24-,29-28-,30-25-,35-32-/t54-/m1/s1. The highest BCUT2D eigenvalue weighted by atomic mass is 16.6. The van der Waals surface area contributed by atoms with E-state index in [1.54, 1.807) is 0 Å². The fraction of sp³-hybridized carbons (Fsp3) is 0.667. The van der Waals surface area contributed by atoms with Crippen LogP contribution >= 0.6 is 0 Å². The van der Waals surface area contributed by atoms with Gasteiger partial charge in [-0.2, -0.15) is 0 Å². The fourth-order valence-corrected chi connectivity index (χ4v) is 6.65. The van der Waals surface area contributed by atoms with Crippen molar-refractivity contribution in [1.82, 2.24) is 0 Å². The van der Waals surface area contributed by atoms with Gasteiger partial charge in [0.25, 0.3) is 0 Å². The van der Waals surface area contributed by atoms with E-state index in [4.69, 9.17) is 14.2 Å². The van der Waals surface area contributed by atoms with Gasteiger partial charge in [0.05, 0.1) is 0 Å². The number of hydrogen-bond acceptors (Lipinski definition) is 6. The topological polar surface area (TPSA) is 78.9 Å². The molecule has 0 spiro atoms. The van der Waals surface area contributed by atoms with E-state index in [-0.39, 0.29) is 31.1 Å². The molecular formula is C57H94O6. The van der Waals surface area contributed by atoms with E-state index in [0.29, 0.717) is 19.3 Å². The second-order valence-electron chi connectivity index (χ2n) is 16.7. The fourth-order valence-electron chi connectivity index (χ4n) is 6.65. The van der Waals surface area contributed by atoms with Crippen LogP contribution < -0.4 is 0 Å². The molecule has 0 aromatic carbocycles. The van der Waals surface area contributed by atoms with E-state index in [1.165, 1.54) is 51.4 Å². The van der Waals surface area contributed by atoms with E-state index in [9.17, 15) is 14.4 Å². The lowest BCUT2D eigenvalue weighted by Gasteiger charge is -2.18. The lowest BCUT2D eigenvalue weighted by atomic mass is 10.1. The van der Waals surface area contributed by atoms with Gasteiger partial charge in [0.2, 0.25) is 0 Å². The maximum absolute atomic E-state index is 12.8. The third-order valence-corrected chi connectivity index (χ3v) is 10.5. The molecule has 6 nitrogen and oxygen atoms in total. The van der Waals surface area contributed by atoms with Crippen molar-refractivity contribution in [2.75, 3.05) is 13.2 Å². The van der Waals surface area contributed by atoms with Crippen molar-refractivity contribution >= 4 is 17.9 Å². The normalized spacial score (nSPS) is 12.9. The Labute approximate surface area is 387 Å². The first-order chi connectivity index (χ1) is 31.0. The largest absolute Gasteiger partial charge is 0.462 e. The number of carbonyl (C=O) groups excluding carboxylic acids is 3. The van der Waals surface area contributed by atoms with Crippen LogP contribution in [-0.4, -0.2) is 37.2 Å². The van der Waals surface area contributed by atoms with Crippen LogP contribution in [0.5, 0.6) is 0 Å². The molecular weight excluding hydrogens is 781 g/mol. The number of allylic oxidation sites excluding steroid dienone is 16. The van der Waals surface area contributed by atoms with Crippen LogP contribution in [0.25, 0.3) is 0 Å². The predicted octanol–water partition coefficient (Wildman–Crippen LogP) is 17.0. The molecule has 6 heteroatoms. The van der Waals surface area contributed by atoms with E-state index in [1.807, 2.05) is 0 Å². The minimum absolute atomic E-state index is 0.0996. The van der Waals surface area contributed by atoms with Crippen molar-refractivity contribution in [3.8, 4) is 0 Å². The molecule has 0 amide bonds. The second-order valence-corrected chi connectivity index (χ2v) is 16.7. The van der Waals surface area contributed by atoms with Gasteiger partial charge in [-0.3, -0.25) is 14.4 Å². The molecule has 0 aliphatic carbocycles. The maximum atomic E-state index is 12.8. The molecule has 0 saturated heterocycles. The average Bonchev–Trinajstić information content (AvgIpc) is 3.28. The molecule has 358 valence electrons. The molecule has 0 heterocycles. The number of hydrogen-bond donors (Lipinski definition) is 0. The zero-order chi connectivity index (χ0) is 45.8. The van der Waals surface area contributed by atoms with Crippen LogP contribution in [0.4, 0.5) is 0 Å². The Morgan fingerprint density at radius 3 is 1.05 bits per heavy atom. The lowest BCUT2D eigenvalue weighted by Crippen LogP contribution is -2.30. The number of esters is 3. The van der Waals surface area contributed by atoms with Gasteiger partial charge in [0.1, 0.15) is 13.2 Å². The van der Waals surface area contributed by atoms with Crippen LogP contribution in [0, 0.1) is 0 Å². The highest BCUT2D eigenvalue weighted by Crippen LogP contribution is 2.13. The van der Waals surface area contributed by atoms with Crippen LogP contribution in [0.1, 0.15) is 226 Å². The van der Waals surface area contributed by atoms with Gasteiger partial charge in [-0.15, -0.1) is 0 Å². The Bertz CT molecular complexity index is 1280. The van der Waals surface area contributed by atoms with Crippen LogP contribution in [-0.2, 0) is 28.6 Å². The van der Waals surface area contributed by atoms with Crippen molar-refractivity contribution in [3.05, 3.63) is 97.2 Å². The molecule has 0 rings (SSSR count). The summed E-state index contributed by atoms with van der Waals surface area (Å²) in [6.07, 6.45) is 66.7. The zero-order valence-electron chi connectivity index (χ0n) is 40.8. The van der Waals surface area contributed by atoms with Gasteiger partial charge in [-0.1, -0.05) is 189 Å². The zero-order valence-corrected chi connectivity index (χ0v) is 40.8. The van der Waals surface area contributed by atoms with E-state index in [0.717, 1.165) is 135 Å². The van der Waals surface area contributed by atoms with Gasteiger partial charge in [-0.25, -0.2) is 0 Å². The van der Waals surface area contributed by atoms with E-state index in [2.05, 4.69) is 118 Å². The molecule has 0 saturated carbocycles. The molecule has 0 aromatic heterocycles. The minimum atomic E-state index is -0.802. The monoisotopic (exact) mass is 875 g/mol. The van der Waals surface area contributed by atoms with E-state index >= 15 is 0 Å². The molecule has 0 fully saturated rings. The molecule has 1 atom stereocenters. The van der Waals surface area contributed by atoms with Crippen molar-refractivity contribution in [2.24, 2.45) is 0 Å². The predicted molar refractivity (Wildman–Crippen MR) is 270 cm³/mol. The molecule has 63 heavy (non-hydrogen) atoms. The summed E-state index contributed by atoms with van der Waals surface area (Å²) in [6.45, 7) is 6.40. The lowest BCUT2D eigenvalue weighted by molar-refractivity contribution is -0.167. The molecule has 0 unspecified atom stereocenters. The Morgan fingerprint density at radius 2 is 0.635 bits per heavy atom. The van der Waals surface area contributed by atoms with Crippen molar-refractivity contribution in [3.63, 3.8) is 0 Å². The van der Waals surface area contributed by atoms with Crippen molar-refractivity contribution in [2.45, 2.75) is 232 Å². The Balaban J connectivity index is 4.47. The summed E-state index contributed by atoms with van der Waals surface area (Å²) < 4.78 is 16.7. The Kier molecular flexibility index (Phi) is 48.0. The summed E-state index contributed by atoms with van der Waals surface area (Å²) in [6, 6.07) is 0. The summed E-state index contributed by atoms with van der Waals surface area (Å²) in [5.74, 6) is -0.960. The van der Waals surface area contributed by atoms with Gasteiger partial charge >= 0.3 is 17.9 Å². The third kappa shape index (κ3) is 49.2. The van der Waals surface area contributed by atoms with Gasteiger partial charge in [0.15, 0.2) is 6.10 Å². The summed E-state index contributed by atoms with van der Waals surface area (Å²) in [4.78, 5) is 37.9. The quantitative estimate of drug-likeness (QED) is 0.0262. The molecule has 0 radical (unpaired) electrons. The smallest absolute Gasteiger partial charge is 0.306 e. The molecule has 0 aliphatic heterocycles. The average molecular weight is 875 g/mol. The SMILES string of the molecule is CC/C=C\C/C=C\C/C=C\C/C=C\C/C=C\CCCCCC(=O)OC[C@@H](COC(=O)CCCCCCC/C=C\CCCC)OC(=O)CCCCCCC/C=C\C/C=C\CCCCC. The third-order valence-electron chi connectivity index (χ3n) is 10.5. The maximum Gasteiger partial charge on any atom is 0.306 e. The van der Waals surface area contributed by atoms with Gasteiger partial charge < -0.3 is 14.2 Å². The van der Waals surface area contributed by atoms with Gasteiger partial charge in [0, 0.05) is 19.3 Å². The molecule has 0 aromatic rings. The molecule has 0 bridgehead atoms. The summed E-state index contributed by atoms with van der Waals surface area (Å²) in [7, 11) is 0. The Morgan fingerprint density at radius 1 is 0.333 bits per heavy atom. The van der Waals surface area contributed by atoms with Crippen LogP contribution in [0.15, 0.2) is 97.2 Å². The van der Waals surface area contributed by atoms with Crippen LogP contribution in [0.2, 0.25) is 0 Å². The summed E-state index contributed by atoms with van der Waals surface area (Å²) in [5.41, 5.74) is 0. The molecule has 0 aliphatic rings. The van der Waals surface area contributed by atoms with Gasteiger partial charge in [-0.05, 0) is 116 Å². The van der Waals surface area contributed by atoms with E-state index < -0.39 is 6.10 Å². The first kappa shape index (κ1) is 59.3. The molecule has 0 N–H and O–H groups in total. The second kappa shape index (κ2) is 51.0. The Hall–Kier alpha value is -3.67. The summed E-state index contributed by atoms with van der Waals surface area (Å²) in [5, 5.41) is 0. The number of ether oxygens (including phenoxy) is 3. The number of rotatable bonds is 45. The first-order valence-electron chi connectivity index (χ1n) is 25.7. The van der Waals surface area contributed by atoms with Crippen LogP contribution in [0.3, 0.4) is 0 Å². The number of unbranched alkanes of at least 4 members (excludes halogenated alkanes) is 18. The van der Waals surface area contributed by atoms with Crippen molar-refractivity contribution < 1.29 is 28.6 Å². The number of carbonyl (C=O) groups is 3. The highest BCUT2D eigenvalue weighted by Gasteiger charge is 2.19. The first-order valence-corrected chi connectivity index (χ1v) is 25.7. The highest BCUT2D eigenvalue weighted by molar-refractivity contribution is 5.71. The minimum Gasteiger partial charge on any atom is -0.462 e. The van der Waals surface area contributed by atoms with Crippen molar-refractivity contribution in [1.29, 1.82) is 0 Å².